The molecule has 1 aliphatic rings. The van der Waals surface area contributed by atoms with E-state index in [1.54, 1.807) is 0 Å². The van der Waals surface area contributed by atoms with Crippen LogP contribution >= 0.6 is 0 Å². The second kappa shape index (κ2) is 8.16. The standard InChI is InChI=1S/C20H34N2O/c1-16-7-9-19(10-8-16)22-14-11-18(12-15-22)21-17(2)6-5-13-20(3,4)23/h7-10,17-18,21,23H,5-6,11-15H2,1-4H3. The smallest absolute Gasteiger partial charge is 0.0591 e. The summed E-state index contributed by atoms with van der Waals surface area (Å²) in [6.07, 6.45) is 5.53. The molecule has 1 aliphatic heterocycles. The van der Waals surface area contributed by atoms with Gasteiger partial charge in [-0.3, -0.25) is 0 Å². The lowest BCUT2D eigenvalue weighted by atomic mass is 9.98. The van der Waals surface area contributed by atoms with Crippen LogP contribution in [-0.2, 0) is 0 Å². The molecule has 1 heterocycles. The van der Waals surface area contributed by atoms with Crippen molar-refractivity contribution in [2.45, 2.75) is 77.5 Å². The lowest BCUT2D eigenvalue weighted by Gasteiger charge is -2.35. The highest BCUT2D eigenvalue weighted by Gasteiger charge is 2.21. The first-order chi connectivity index (χ1) is 10.8. The summed E-state index contributed by atoms with van der Waals surface area (Å²) in [6.45, 7) is 10.5. The monoisotopic (exact) mass is 318 g/mol. The fourth-order valence-electron chi connectivity index (χ4n) is 3.39. The first kappa shape index (κ1) is 18.3. The molecule has 3 heteroatoms. The van der Waals surface area contributed by atoms with Gasteiger partial charge in [-0.2, -0.15) is 0 Å². The normalized spacial score (nSPS) is 18.2. The molecule has 1 aromatic rings. The van der Waals surface area contributed by atoms with E-state index in [0.717, 1.165) is 32.4 Å². The summed E-state index contributed by atoms with van der Waals surface area (Å²) in [4.78, 5) is 2.50. The summed E-state index contributed by atoms with van der Waals surface area (Å²) < 4.78 is 0. The van der Waals surface area contributed by atoms with Gasteiger partial charge >= 0.3 is 0 Å². The van der Waals surface area contributed by atoms with E-state index in [9.17, 15) is 5.11 Å². The molecule has 1 atom stereocenters. The van der Waals surface area contributed by atoms with Crippen molar-refractivity contribution in [2.24, 2.45) is 0 Å². The number of aliphatic hydroxyl groups is 1. The quantitative estimate of drug-likeness (QED) is 0.801. The predicted octanol–water partition coefficient (Wildman–Crippen LogP) is 3.88. The van der Waals surface area contributed by atoms with Gasteiger partial charge < -0.3 is 15.3 Å². The Morgan fingerprint density at radius 1 is 1.22 bits per heavy atom. The van der Waals surface area contributed by atoms with Crippen molar-refractivity contribution in [1.82, 2.24) is 5.32 Å². The molecule has 0 radical (unpaired) electrons. The molecule has 23 heavy (non-hydrogen) atoms. The molecule has 0 saturated carbocycles. The van der Waals surface area contributed by atoms with Crippen LogP contribution in [0.1, 0.15) is 58.4 Å². The van der Waals surface area contributed by atoms with E-state index in [1.807, 2.05) is 13.8 Å². The third kappa shape index (κ3) is 6.52. The van der Waals surface area contributed by atoms with Gasteiger partial charge in [0.05, 0.1) is 5.60 Å². The third-order valence-electron chi connectivity index (χ3n) is 4.84. The summed E-state index contributed by atoms with van der Waals surface area (Å²) in [5.41, 5.74) is 2.15. The lowest BCUT2D eigenvalue weighted by Crippen LogP contribution is -2.45. The maximum absolute atomic E-state index is 9.78. The predicted molar refractivity (Wildman–Crippen MR) is 99.2 cm³/mol. The van der Waals surface area contributed by atoms with Crippen molar-refractivity contribution < 1.29 is 5.11 Å². The maximum Gasteiger partial charge on any atom is 0.0591 e. The number of nitrogens with one attached hydrogen (secondary N) is 1. The van der Waals surface area contributed by atoms with Gasteiger partial charge in [0.1, 0.15) is 0 Å². The Hall–Kier alpha value is -1.06. The number of hydrogen-bond acceptors (Lipinski definition) is 3. The van der Waals surface area contributed by atoms with E-state index in [-0.39, 0.29) is 0 Å². The maximum atomic E-state index is 9.78. The second-order valence-electron chi connectivity index (χ2n) is 7.87. The minimum absolute atomic E-state index is 0.529. The molecule has 3 nitrogen and oxygen atoms in total. The minimum Gasteiger partial charge on any atom is -0.390 e. The summed E-state index contributed by atoms with van der Waals surface area (Å²) >= 11 is 0. The van der Waals surface area contributed by atoms with Crippen LogP contribution in [0.3, 0.4) is 0 Å². The molecule has 1 fully saturated rings. The van der Waals surface area contributed by atoms with Gasteiger partial charge in [0.15, 0.2) is 0 Å². The number of aryl methyl sites for hydroxylation is 1. The molecule has 0 aromatic heterocycles. The Kier molecular flexibility index (Phi) is 6.49. The van der Waals surface area contributed by atoms with Crippen LogP contribution in [0.4, 0.5) is 5.69 Å². The highest BCUT2D eigenvalue weighted by molar-refractivity contribution is 5.47. The van der Waals surface area contributed by atoms with Crippen LogP contribution in [0.5, 0.6) is 0 Å². The van der Waals surface area contributed by atoms with E-state index in [1.165, 1.54) is 24.1 Å². The number of hydrogen-bond donors (Lipinski definition) is 2. The molecular weight excluding hydrogens is 284 g/mol. The Morgan fingerprint density at radius 2 is 1.83 bits per heavy atom. The molecule has 0 spiro atoms. The average molecular weight is 319 g/mol. The molecule has 1 saturated heterocycles. The summed E-state index contributed by atoms with van der Waals surface area (Å²) in [6, 6.07) is 10.0. The van der Waals surface area contributed by atoms with Gasteiger partial charge in [-0.25, -0.2) is 0 Å². The van der Waals surface area contributed by atoms with Gasteiger partial charge in [0.25, 0.3) is 0 Å². The van der Waals surface area contributed by atoms with Gasteiger partial charge in [-0.1, -0.05) is 17.7 Å². The number of anilines is 1. The summed E-state index contributed by atoms with van der Waals surface area (Å²) in [5, 5.41) is 13.6. The average Bonchev–Trinajstić information content (AvgIpc) is 2.47. The van der Waals surface area contributed by atoms with Crippen molar-refractivity contribution >= 4 is 5.69 Å². The number of benzene rings is 1. The first-order valence-electron chi connectivity index (χ1n) is 9.13. The van der Waals surface area contributed by atoms with Crippen LogP contribution in [0.15, 0.2) is 24.3 Å². The summed E-state index contributed by atoms with van der Waals surface area (Å²) in [5.74, 6) is 0. The Morgan fingerprint density at radius 3 is 2.39 bits per heavy atom. The molecule has 1 aromatic carbocycles. The minimum atomic E-state index is -0.529. The molecule has 2 N–H and O–H groups in total. The van der Waals surface area contributed by atoms with Crippen LogP contribution in [-0.4, -0.2) is 35.9 Å². The largest absolute Gasteiger partial charge is 0.390 e. The molecule has 2 rings (SSSR count). The Labute approximate surface area is 142 Å². The topological polar surface area (TPSA) is 35.5 Å². The van der Waals surface area contributed by atoms with Crippen LogP contribution in [0, 0.1) is 6.92 Å². The van der Waals surface area contributed by atoms with Gasteiger partial charge in [-0.05, 0) is 71.9 Å². The zero-order valence-electron chi connectivity index (χ0n) is 15.3. The van der Waals surface area contributed by atoms with Crippen LogP contribution in [0.2, 0.25) is 0 Å². The first-order valence-corrected chi connectivity index (χ1v) is 9.13. The van der Waals surface area contributed by atoms with Crippen LogP contribution < -0.4 is 10.2 Å². The van der Waals surface area contributed by atoms with E-state index < -0.39 is 5.60 Å². The highest BCUT2D eigenvalue weighted by atomic mass is 16.3. The van der Waals surface area contributed by atoms with Crippen molar-refractivity contribution in [3.05, 3.63) is 29.8 Å². The third-order valence-corrected chi connectivity index (χ3v) is 4.84. The Bertz CT molecular complexity index is 456. The van der Waals surface area contributed by atoms with Crippen molar-refractivity contribution in [3.63, 3.8) is 0 Å². The number of piperidine rings is 1. The van der Waals surface area contributed by atoms with E-state index in [2.05, 4.69) is 48.3 Å². The number of nitrogens with zero attached hydrogens (tertiary/aromatic N) is 1. The lowest BCUT2D eigenvalue weighted by molar-refractivity contribution is 0.0673. The van der Waals surface area contributed by atoms with Gasteiger partial charge in [-0.15, -0.1) is 0 Å². The molecule has 0 bridgehead atoms. The molecule has 0 amide bonds. The van der Waals surface area contributed by atoms with E-state index >= 15 is 0 Å². The SMILES string of the molecule is Cc1ccc(N2CCC(NC(C)CCCC(C)(C)O)CC2)cc1. The fourth-order valence-corrected chi connectivity index (χ4v) is 3.39. The van der Waals surface area contributed by atoms with Crippen molar-refractivity contribution in [1.29, 1.82) is 0 Å². The van der Waals surface area contributed by atoms with Crippen molar-refractivity contribution in [2.75, 3.05) is 18.0 Å². The highest BCUT2D eigenvalue weighted by Crippen LogP contribution is 2.21. The zero-order chi connectivity index (χ0) is 16.9. The fraction of sp³-hybridized carbons (Fsp3) is 0.700. The zero-order valence-corrected chi connectivity index (χ0v) is 15.3. The second-order valence-corrected chi connectivity index (χ2v) is 7.87. The molecule has 0 aliphatic carbocycles. The van der Waals surface area contributed by atoms with Crippen molar-refractivity contribution in [3.8, 4) is 0 Å². The van der Waals surface area contributed by atoms with E-state index in [4.69, 9.17) is 0 Å². The van der Waals surface area contributed by atoms with E-state index in [0.29, 0.717) is 12.1 Å². The van der Waals surface area contributed by atoms with Crippen LogP contribution in [0.25, 0.3) is 0 Å². The Balaban J connectivity index is 1.69. The summed E-state index contributed by atoms with van der Waals surface area (Å²) in [7, 11) is 0. The molecular formula is C20H34N2O. The molecule has 130 valence electrons. The molecule has 1 unspecified atom stereocenters. The van der Waals surface area contributed by atoms with Gasteiger partial charge in [0.2, 0.25) is 0 Å². The van der Waals surface area contributed by atoms with Gasteiger partial charge in [0, 0.05) is 30.9 Å². The number of rotatable bonds is 7.